The third-order valence-electron chi connectivity index (χ3n) is 4.75. The molecule has 0 aliphatic rings. The molecule has 3 rings (SSSR count). The Morgan fingerprint density at radius 3 is 2.33 bits per heavy atom. The van der Waals surface area contributed by atoms with Crippen LogP contribution in [0, 0.1) is 0 Å². The van der Waals surface area contributed by atoms with Crippen molar-refractivity contribution in [1.82, 2.24) is 19.7 Å². The Bertz CT molecular complexity index is 981. The second kappa shape index (κ2) is 9.67. The standard InChI is InChI=1S/C23H27ClN4OS/c1-5-27-21(18-11-13-19(24)14-12-18)25-26-22(27)30-16-20(29)28(23(2,3)4)15-17-9-7-6-8-10-17/h6-14H,5,15-16H2,1-4H3. The van der Waals surface area contributed by atoms with Crippen LogP contribution in [0.15, 0.2) is 59.8 Å². The van der Waals surface area contributed by atoms with E-state index in [-0.39, 0.29) is 11.4 Å². The summed E-state index contributed by atoms with van der Waals surface area (Å²) < 4.78 is 2.03. The van der Waals surface area contributed by atoms with Crippen molar-refractivity contribution in [2.24, 2.45) is 0 Å². The molecule has 0 atom stereocenters. The van der Waals surface area contributed by atoms with Crippen LogP contribution < -0.4 is 0 Å². The highest BCUT2D eigenvalue weighted by molar-refractivity contribution is 7.99. The molecular weight excluding hydrogens is 416 g/mol. The predicted octanol–water partition coefficient (Wildman–Crippen LogP) is 5.54. The van der Waals surface area contributed by atoms with E-state index in [0.717, 1.165) is 22.1 Å². The van der Waals surface area contributed by atoms with Crippen LogP contribution in [0.4, 0.5) is 0 Å². The number of thioether (sulfide) groups is 1. The first kappa shape index (κ1) is 22.4. The smallest absolute Gasteiger partial charge is 0.233 e. The number of aromatic nitrogens is 3. The minimum atomic E-state index is -0.277. The van der Waals surface area contributed by atoms with E-state index < -0.39 is 0 Å². The van der Waals surface area contributed by atoms with Crippen LogP contribution in [0.3, 0.4) is 0 Å². The molecule has 0 aliphatic carbocycles. The molecule has 0 saturated carbocycles. The van der Waals surface area contributed by atoms with Crippen LogP contribution in [0.2, 0.25) is 5.02 Å². The molecule has 0 fully saturated rings. The minimum Gasteiger partial charge on any atom is -0.333 e. The Labute approximate surface area is 187 Å². The van der Waals surface area contributed by atoms with E-state index in [0.29, 0.717) is 23.9 Å². The summed E-state index contributed by atoms with van der Waals surface area (Å²) >= 11 is 7.42. The van der Waals surface area contributed by atoms with Gasteiger partial charge in [0.15, 0.2) is 11.0 Å². The molecular formula is C23H27ClN4OS. The summed E-state index contributed by atoms with van der Waals surface area (Å²) in [6.07, 6.45) is 0. The van der Waals surface area contributed by atoms with Gasteiger partial charge < -0.3 is 9.47 Å². The van der Waals surface area contributed by atoms with Gasteiger partial charge >= 0.3 is 0 Å². The van der Waals surface area contributed by atoms with Crippen LogP contribution in [-0.2, 0) is 17.9 Å². The van der Waals surface area contributed by atoms with Gasteiger partial charge in [0.25, 0.3) is 0 Å². The first-order valence-electron chi connectivity index (χ1n) is 9.96. The maximum absolute atomic E-state index is 13.1. The highest BCUT2D eigenvalue weighted by Crippen LogP contribution is 2.26. The van der Waals surface area contributed by atoms with E-state index in [1.54, 1.807) is 0 Å². The molecule has 2 aromatic carbocycles. The second-order valence-electron chi connectivity index (χ2n) is 7.98. The Kier molecular flexibility index (Phi) is 7.21. The lowest BCUT2D eigenvalue weighted by molar-refractivity contribution is -0.133. The summed E-state index contributed by atoms with van der Waals surface area (Å²) in [5, 5.41) is 10.1. The van der Waals surface area contributed by atoms with Gasteiger partial charge in [0.2, 0.25) is 5.91 Å². The van der Waals surface area contributed by atoms with Gasteiger partial charge in [0, 0.05) is 29.2 Å². The zero-order valence-electron chi connectivity index (χ0n) is 17.8. The van der Waals surface area contributed by atoms with Gasteiger partial charge in [-0.3, -0.25) is 4.79 Å². The molecule has 0 spiro atoms. The number of carbonyl (C=O) groups excluding carboxylic acids is 1. The normalized spacial score (nSPS) is 11.5. The van der Waals surface area contributed by atoms with Crippen molar-refractivity contribution in [3.05, 3.63) is 65.2 Å². The van der Waals surface area contributed by atoms with Crippen molar-refractivity contribution in [1.29, 1.82) is 0 Å². The topological polar surface area (TPSA) is 51.0 Å². The fourth-order valence-corrected chi connectivity index (χ4v) is 4.17. The van der Waals surface area contributed by atoms with Crippen LogP contribution in [0.5, 0.6) is 0 Å². The number of halogens is 1. The van der Waals surface area contributed by atoms with Crippen molar-refractivity contribution in [3.63, 3.8) is 0 Å². The number of amides is 1. The highest BCUT2D eigenvalue weighted by atomic mass is 35.5. The summed E-state index contributed by atoms with van der Waals surface area (Å²) in [6.45, 7) is 9.53. The molecule has 0 N–H and O–H groups in total. The van der Waals surface area contributed by atoms with Crippen molar-refractivity contribution in [2.75, 3.05) is 5.75 Å². The highest BCUT2D eigenvalue weighted by Gasteiger charge is 2.27. The molecule has 0 radical (unpaired) electrons. The summed E-state index contributed by atoms with van der Waals surface area (Å²) in [5.74, 6) is 1.17. The lowest BCUT2D eigenvalue weighted by atomic mass is 10.0. The molecule has 0 bridgehead atoms. The maximum Gasteiger partial charge on any atom is 0.233 e. The van der Waals surface area contributed by atoms with E-state index >= 15 is 0 Å². The van der Waals surface area contributed by atoms with Gasteiger partial charge in [-0.05, 0) is 57.5 Å². The average molecular weight is 443 g/mol. The van der Waals surface area contributed by atoms with Gasteiger partial charge in [-0.25, -0.2) is 0 Å². The number of carbonyl (C=O) groups is 1. The molecule has 1 amide bonds. The number of benzene rings is 2. The van der Waals surface area contributed by atoms with Gasteiger partial charge in [-0.2, -0.15) is 0 Å². The van der Waals surface area contributed by atoms with Gasteiger partial charge in [0.1, 0.15) is 0 Å². The predicted molar refractivity (Wildman–Crippen MR) is 124 cm³/mol. The number of rotatable bonds is 7. The summed E-state index contributed by atoms with van der Waals surface area (Å²) in [6, 6.07) is 17.6. The summed E-state index contributed by atoms with van der Waals surface area (Å²) in [5.41, 5.74) is 1.79. The monoisotopic (exact) mass is 442 g/mol. The van der Waals surface area contributed by atoms with E-state index in [1.807, 2.05) is 71.0 Å². The molecule has 3 aromatic rings. The van der Waals surface area contributed by atoms with Gasteiger partial charge in [-0.1, -0.05) is 53.7 Å². The zero-order chi connectivity index (χ0) is 21.7. The summed E-state index contributed by atoms with van der Waals surface area (Å²) in [7, 11) is 0. The molecule has 158 valence electrons. The number of hydrogen-bond acceptors (Lipinski definition) is 4. The third kappa shape index (κ3) is 5.43. The molecule has 1 aromatic heterocycles. The van der Waals surface area contributed by atoms with Crippen LogP contribution in [-0.4, -0.2) is 36.9 Å². The number of nitrogens with zero attached hydrogens (tertiary/aromatic N) is 4. The van der Waals surface area contributed by atoms with E-state index in [4.69, 9.17) is 11.6 Å². The Hall–Kier alpha value is -2.31. The van der Waals surface area contributed by atoms with E-state index in [9.17, 15) is 4.79 Å². The molecule has 5 nitrogen and oxygen atoms in total. The molecule has 0 aliphatic heterocycles. The van der Waals surface area contributed by atoms with Crippen LogP contribution >= 0.6 is 23.4 Å². The quantitative estimate of drug-likeness (QED) is 0.451. The Morgan fingerprint density at radius 2 is 1.73 bits per heavy atom. The van der Waals surface area contributed by atoms with E-state index in [1.165, 1.54) is 11.8 Å². The molecule has 0 unspecified atom stereocenters. The lowest BCUT2D eigenvalue weighted by Gasteiger charge is -2.36. The molecule has 0 saturated heterocycles. The largest absolute Gasteiger partial charge is 0.333 e. The third-order valence-corrected chi connectivity index (χ3v) is 5.96. The van der Waals surface area contributed by atoms with Crippen molar-refractivity contribution in [2.45, 2.75) is 51.5 Å². The maximum atomic E-state index is 13.1. The zero-order valence-corrected chi connectivity index (χ0v) is 19.4. The van der Waals surface area contributed by atoms with Crippen molar-refractivity contribution in [3.8, 4) is 11.4 Å². The van der Waals surface area contributed by atoms with Gasteiger partial charge in [-0.15, -0.1) is 10.2 Å². The SMILES string of the molecule is CCn1c(SCC(=O)N(Cc2ccccc2)C(C)(C)C)nnc1-c1ccc(Cl)cc1. The molecule has 7 heteroatoms. The van der Waals surface area contributed by atoms with Gasteiger partial charge in [0.05, 0.1) is 5.75 Å². The first-order valence-corrected chi connectivity index (χ1v) is 11.3. The second-order valence-corrected chi connectivity index (χ2v) is 9.36. The van der Waals surface area contributed by atoms with Crippen LogP contribution in [0.1, 0.15) is 33.3 Å². The summed E-state index contributed by atoms with van der Waals surface area (Å²) in [4.78, 5) is 15.0. The molecule has 30 heavy (non-hydrogen) atoms. The fourth-order valence-electron chi connectivity index (χ4n) is 3.16. The van der Waals surface area contributed by atoms with Crippen LogP contribution in [0.25, 0.3) is 11.4 Å². The van der Waals surface area contributed by atoms with Crippen molar-refractivity contribution >= 4 is 29.3 Å². The van der Waals surface area contributed by atoms with E-state index in [2.05, 4.69) is 31.0 Å². The number of hydrogen-bond donors (Lipinski definition) is 0. The van der Waals surface area contributed by atoms with Crippen molar-refractivity contribution < 1.29 is 4.79 Å². The first-order chi connectivity index (χ1) is 14.3. The molecule has 1 heterocycles. The minimum absolute atomic E-state index is 0.0787. The average Bonchev–Trinajstić information content (AvgIpc) is 3.13. The Morgan fingerprint density at radius 1 is 1.07 bits per heavy atom. The Balaban J connectivity index is 1.74. The lowest BCUT2D eigenvalue weighted by Crippen LogP contribution is -2.45. The fraction of sp³-hybridized carbons (Fsp3) is 0.348.